The summed E-state index contributed by atoms with van der Waals surface area (Å²) in [6.45, 7) is 7.70. The van der Waals surface area contributed by atoms with Crippen molar-refractivity contribution >= 4 is 5.82 Å². The van der Waals surface area contributed by atoms with Crippen LogP contribution in [0.5, 0.6) is 0 Å². The molecule has 0 amide bonds. The number of anilines is 1. The Kier molecular flexibility index (Phi) is 5.41. The SMILES string of the molecule is CC(C)CCN(c1ccc(C(C)N)cn1)C1CCCC1. The van der Waals surface area contributed by atoms with Gasteiger partial charge in [-0.2, -0.15) is 0 Å². The standard InChI is InChI=1S/C17H29N3/c1-13(2)10-11-20(16-6-4-5-7-16)17-9-8-15(12-19-17)14(3)18/h8-9,12-14,16H,4-7,10-11,18H2,1-3H3. The highest BCUT2D eigenvalue weighted by atomic mass is 15.2. The Labute approximate surface area is 123 Å². The van der Waals surface area contributed by atoms with Crippen molar-refractivity contribution in [3.8, 4) is 0 Å². The lowest BCUT2D eigenvalue weighted by Crippen LogP contribution is -2.35. The number of pyridine rings is 1. The van der Waals surface area contributed by atoms with Gasteiger partial charge in [-0.05, 0) is 43.7 Å². The van der Waals surface area contributed by atoms with E-state index in [0.717, 1.165) is 23.8 Å². The van der Waals surface area contributed by atoms with Gasteiger partial charge in [0.1, 0.15) is 5.82 Å². The van der Waals surface area contributed by atoms with Crippen LogP contribution in [0.2, 0.25) is 0 Å². The normalized spacial score (nSPS) is 17.6. The molecule has 1 aliphatic rings. The van der Waals surface area contributed by atoms with Crippen LogP contribution in [0.1, 0.15) is 64.5 Å². The number of nitrogens with zero attached hydrogens (tertiary/aromatic N) is 2. The van der Waals surface area contributed by atoms with Crippen molar-refractivity contribution < 1.29 is 0 Å². The molecule has 1 saturated carbocycles. The molecule has 1 aromatic rings. The van der Waals surface area contributed by atoms with Crippen molar-refractivity contribution in [2.45, 2.75) is 65.0 Å². The predicted octanol–water partition coefficient (Wildman–Crippen LogP) is 3.90. The van der Waals surface area contributed by atoms with Gasteiger partial charge in [0.2, 0.25) is 0 Å². The fraction of sp³-hybridized carbons (Fsp3) is 0.706. The van der Waals surface area contributed by atoms with Crippen LogP contribution in [0.3, 0.4) is 0 Å². The van der Waals surface area contributed by atoms with Crippen molar-refractivity contribution in [1.82, 2.24) is 4.98 Å². The van der Waals surface area contributed by atoms with Gasteiger partial charge < -0.3 is 10.6 Å². The maximum atomic E-state index is 5.91. The molecule has 1 atom stereocenters. The van der Waals surface area contributed by atoms with E-state index in [4.69, 9.17) is 5.73 Å². The molecule has 2 N–H and O–H groups in total. The second-order valence-corrected chi connectivity index (χ2v) is 6.55. The van der Waals surface area contributed by atoms with E-state index in [9.17, 15) is 0 Å². The van der Waals surface area contributed by atoms with Crippen molar-refractivity contribution in [1.29, 1.82) is 0 Å². The van der Waals surface area contributed by atoms with E-state index in [-0.39, 0.29) is 6.04 Å². The van der Waals surface area contributed by atoms with Crippen molar-refractivity contribution in [3.63, 3.8) is 0 Å². The minimum absolute atomic E-state index is 0.0622. The first-order chi connectivity index (χ1) is 9.58. The second-order valence-electron chi connectivity index (χ2n) is 6.55. The highest BCUT2D eigenvalue weighted by Crippen LogP contribution is 2.28. The van der Waals surface area contributed by atoms with E-state index in [2.05, 4.69) is 35.9 Å². The summed E-state index contributed by atoms with van der Waals surface area (Å²) >= 11 is 0. The molecule has 0 radical (unpaired) electrons. The summed E-state index contributed by atoms with van der Waals surface area (Å²) in [5.74, 6) is 1.86. The number of hydrogen-bond donors (Lipinski definition) is 1. The molecule has 1 heterocycles. The highest BCUT2D eigenvalue weighted by molar-refractivity contribution is 5.41. The van der Waals surface area contributed by atoms with Gasteiger partial charge in [-0.25, -0.2) is 4.98 Å². The zero-order chi connectivity index (χ0) is 14.5. The largest absolute Gasteiger partial charge is 0.354 e. The van der Waals surface area contributed by atoms with Crippen LogP contribution >= 0.6 is 0 Å². The zero-order valence-electron chi connectivity index (χ0n) is 13.2. The molecule has 3 nitrogen and oxygen atoms in total. The van der Waals surface area contributed by atoms with Gasteiger partial charge in [-0.3, -0.25) is 0 Å². The molecular weight excluding hydrogens is 246 g/mol. The van der Waals surface area contributed by atoms with Crippen LogP contribution in [-0.2, 0) is 0 Å². The Bertz CT molecular complexity index is 391. The average Bonchev–Trinajstić information content (AvgIpc) is 2.93. The minimum atomic E-state index is 0.0622. The van der Waals surface area contributed by atoms with Crippen LogP contribution in [-0.4, -0.2) is 17.6 Å². The second kappa shape index (κ2) is 7.07. The monoisotopic (exact) mass is 275 g/mol. The predicted molar refractivity (Wildman–Crippen MR) is 85.9 cm³/mol. The number of nitrogens with two attached hydrogens (primary N) is 1. The Morgan fingerprint density at radius 2 is 1.95 bits per heavy atom. The lowest BCUT2D eigenvalue weighted by Gasteiger charge is -2.31. The molecular formula is C17H29N3. The molecule has 1 aromatic heterocycles. The fourth-order valence-corrected chi connectivity index (χ4v) is 2.93. The minimum Gasteiger partial charge on any atom is -0.354 e. The van der Waals surface area contributed by atoms with Gasteiger partial charge in [-0.15, -0.1) is 0 Å². The first-order valence-electron chi connectivity index (χ1n) is 8.06. The molecule has 0 bridgehead atoms. The first-order valence-corrected chi connectivity index (χ1v) is 8.06. The van der Waals surface area contributed by atoms with E-state index < -0.39 is 0 Å². The summed E-state index contributed by atoms with van der Waals surface area (Å²) in [7, 11) is 0. The van der Waals surface area contributed by atoms with Gasteiger partial charge >= 0.3 is 0 Å². The molecule has 112 valence electrons. The van der Waals surface area contributed by atoms with E-state index in [1.165, 1.54) is 32.1 Å². The molecule has 1 unspecified atom stereocenters. The molecule has 0 aliphatic heterocycles. The Balaban J connectivity index is 2.11. The van der Waals surface area contributed by atoms with Gasteiger partial charge in [-0.1, -0.05) is 32.8 Å². The number of hydrogen-bond acceptors (Lipinski definition) is 3. The quantitative estimate of drug-likeness (QED) is 0.856. The van der Waals surface area contributed by atoms with Gasteiger partial charge in [0.25, 0.3) is 0 Å². The van der Waals surface area contributed by atoms with Crippen LogP contribution in [0.4, 0.5) is 5.82 Å². The molecule has 1 aliphatic carbocycles. The maximum absolute atomic E-state index is 5.91. The van der Waals surface area contributed by atoms with Crippen LogP contribution in [0.25, 0.3) is 0 Å². The summed E-state index contributed by atoms with van der Waals surface area (Å²) in [5, 5.41) is 0. The van der Waals surface area contributed by atoms with Crippen molar-refractivity contribution in [3.05, 3.63) is 23.9 Å². The average molecular weight is 275 g/mol. The molecule has 0 aromatic carbocycles. The van der Waals surface area contributed by atoms with Crippen LogP contribution in [0, 0.1) is 5.92 Å². The summed E-state index contributed by atoms with van der Waals surface area (Å²) in [6.07, 6.45) is 8.52. The molecule has 2 rings (SSSR count). The van der Waals surface area contributed by atoms with E-state index in [1.54, 1.807) is 0 Å². The molecule has 0 spiro atoms. The number of aromatic nitrogens is 1. The Hall–Kier alpha value is -1.09. The summed E-state index contributed by atoms with van der Waals surface area (Å²) in [6, 6.07) is 5.02. The van der Waals surface area contributed by atoms with Gasteiger partial charge in [0.05, 0.1) is 0 Å². The first kappa shape index (κ1) is 15.3. The third kappa shape index (κ3) is 3.95. The molecule has 20 heavy (non-hydrogen) atoms. The topological polar surface area (TPSA) is 42.1 Å². The zero-order valence-corrected chi connectivity index (χ0v) is 13.2. The Morgan fingerprint density at radius 3 is 2.45 bits per heavy atom. The van der Waals surface area contributed by atoms with E-state index in [1.807, 2.05) is 13.1 Å². The lowest BCUT2D eigenvalue weighted by molar-refractivity contribution is 0.525. The van der Waals surface area contributed by atoms with E-state index >= 15 is 0 Å². The lowest BCUT2D eigenvalue weighted by atomic mass is 10.1. The van der Waals surface area contributed by atoms with Gasteiger partial charge in [0, 0.05) is 24.8 Å². The molecule has 1 fully saturated rings. The number of rotatable bonds is 6. The Morgan fingerprint density at radius 1 is 1.25 bits per heavy atom. The third-order valence-electron chi connectivity index (χ3n) is 4.30. The van der Waals surface area contributed by atoms with Crippen LogP contribution < -0.4 is 10.6 Å². The molecule has 0 saturated heterocycles. The summed E-state index contributed by atoms with van der Waals surface area (Å²) in [4.78, 5) is 7.19. The maximum Gasteiger partial charge on any atom is 0.128 e. The smallest absolute Gasteiger partial charge is 0.128 e. The third-order valence-corrected chi connectivity index (χ3v) is 4.30. The van der Waals surface area contributed by atoms with Gasteiger partial charge in [0.15, 0.2) is 0 Å². The van der Waals surface area contributed by atoms with Crippen molar-refractivity contribution in [2.75, 3.05) is 11.4 Å². The summed E-state index contributed by atoms with van der Waals surface area (Å²) in [5.41, 5.74) is 7.02. The van der Waals surface area contributed by atoms with Crippen LogP contribution in [0.15, 0.2) is 18.3 Å². The van der Waals surface area contributed by atoms with Crippen molar-refractivity contribution in [2.24, 2.45) is 11.7 Å². The highest BCUT2D eigenvalue weighted by Gasteiger charge is 2.23. The molecule has 3 heteroatoms. The summed E-state index contributed by atoms with van der Waals surface area (Å²) < 4.78 is 0. The fourth-order valence-electron chi connectivity index (χ4n) is 2.93. The van der Waals surface area contributed by atoms with E-state index in [0.29, 0.717) is 6.04 Å².